The van der Waals surface area contributed by atoms with Gasteiger partial charge in [0.2, 0.25) is 11.0 Å². The van der Waals surface area contributed by atoms with Crippen molar-refractivity contribution in [3.05, 3.63) is 46.9 Å². The van der Waals surface area contributed by atoms with Gasteiger partial charge in [-0.15, -0.1) is 21.5 Å². The quantitative estimate of drug-likeness (QED) is 0.651. The summed E-state index contributed by atoms with van der Waals surface area (Å²) in [5.74, 6) is 0.151. The first-order valence-corrected chi connectivity index (χ1v) is 11.8. The Morgan fingerprint density at radius 1 is 1.28 bits per heavy atom. The molecule has 150 valence electrons. The third-order valence-corrected chi connectivity index (χ3v) is 7.79. The number of hydrogen-bond acceptors (Lipinski definition) is 7. The minimum Gasteiger partial charge on any atom is -0.356 e. The van der Waals surface area contributed by atoms with Crippen LogP contribution in [0.15, 0.2) is 41.2 Å². The minimum absolute atomic E-state index is 0.136. The highest BCUT2D eigenvalue weighted by Gasteiger charge is 2.60. The standard InChI is InChI=1S/C21H23N5OS2/c1-2-22-19(27)21(10-15-12-28-13-23-15)11-16-8-9-17(21)26(16)20-25-24-18(29-20)14-6-4-3-5-7-14/h3-7,12-13,16-17H,2,8-11H2,1H3,(H,22,27)/t16-,17+,21+/m1/s1. The van der Waals surface area contributed by atoms with Crippen molar-refractivity contribution >= 4 is 33.7 Å². The molecule has 3 atom stereocenters. The van der Waals surface area contributed by atoms with Crippen LogP contribution in [0, 0.1) is 5.41 Å². The third kappa shape index (κ3) is 3.14. The lowest BCUT2D eigenvalue weighted by molar-refractivity contribution is -0.132. The molecule has 0 unspecified atom stereocenters. The molecule has 1 N–H and O–H groups in total. The van der Waals surface area contributed by atoms with E-state index < -0.39 is 5.41 Å². The second kappa shape index (κ2) is 7.50. The Labute approximate surface area is 178 Å². The molecule has 2 aliphatic rings. The maximum absolute atomic E-state index is 13.3. The summed E-state index contributed by atoms with van der Waals surface area (Å²) >= 11 is 3.21. The van der Waals surface area contributed by atoms with Gasteiger partial charge in [-0.25, -0.2) is 4.98 Å². The Kier molecular flexibility index (Phi) is 4.83. The fraction of sp³-hybridized carbons (Fsp3) is 0.429. The van der Waals surface area contributed by atoms with Gasteiger partial charge in [-0.3, -0.25) is 4.79 Å². The Hall–Kier alpha value is -2.32. The summed E-state index contributed by atoms with van der Waals surface area (Å²) in [6.45, 7) is 2.63. The molecule has 0 spiro atoms. The fourth-order valence-electron chi connectivity index (χ4n) is 4.99. The second-order valence-corrected chi connectivity index (χ2v) is 9.46. The van der Waals surface area contributed by atoms with Gasteiger partial charge in [0, 0.05) is 36.0 Å². The smallest absolute Gasteiger partial charge is 0.228 e. The van der Waals surface area contributed by atoms with Crippen LogP contribution in [-0.4, -0.2) is 39.7 Å². The lowest BCUT2D eigenvalue weighted by Gasteiger charge is -2.35. The van der Waals surface area contributed by atoms with Crippen LogP contribution in [0.2, 0.25) is 0 Å². The van der Waals surface area contributed by atoms with E-state index in [1.54, 1.807) is 22.7 Å². The number of anilines is 1. The van der Waals surface area contributed by atoms with Crippen molar-refractivity contribution in [2.45, 2.75) is 44.7 Å². The highest BCUT2D eigenvalue weighted by atomic mass is 32.1. The van der Waals surface area contributed by atoms with Gasteiger partial charge >= 0.3 is 0 Å². The molecule has 4 heterocycles. The molecule has 0 radical (unpaired) electrons. The molecule has 3 aromatic rings. The summed E-state index contributed by atoms with van der Waals surface area (Å²) in [6.07, 6.45) is 3.64. The van der Waals surface area contributed by atoms with E-state index in [0.29, 0.717) is 19.0 Å². The van der Waals surface area contributed by atoms with E-state index in [1.807, 2.05) is 30.6 Å². The number of nitrogens with zero attached hydrogens (tertiary/aromatic N) is 4. The van der Waals surface area contributed by atoms with Gasteiger partial charge in [0.15, 0.2) is 0 Å². The van der Waals surface area contributed by atoms with Gasteiger partial charge < -0.3 is 10.2 Å². The molecule has 8 heteroatoms. The van der Waals surface area contributed by atoms with Crippen molar-refractivity contribution in [2.24, 2.45) is 5.41 Å². The average Bonchev–Trinajstić information content (AvgIpc) is 3.52. The molecule has 5 rings (SSSR count). The lowest BCUT2D eigenvalue weighted by Crippen LogP contribution is -2.50. The van der Waals surface area contributed by atoms with Crippen LogP contribution in [0.3, 0.4) is 0 Å². The first-order chi connectivity index (χ1) is 14.2. The van der Waals surface area contributed by atoms with Gasteiger partial charge in [0.25, 0.3) is 0 Å². The van der Waals surface area contributed by atoms with E-state index >= 15 is 0 Å². The van der Waals surface area contributed by atoms with Crippen molar-refractivity contribution < 1.29 is 4.79 Å². The molecule has 0 saturated carbocycles. The molecule has 29 heavy (non-hydrogen) atoms. The average molecular weight is 426 g/mol. The van der Waals surface area contributed by atoms with Crippen LogP contribution in [0.4, 0.5) is 5.13 Å². The highest BCUT2D eigenvalue weighted by Crippen LogP contribution is 2.54. The largest absolute Gasteiger partial charge is 0.356 e. The predicted octanol–water partition coefficient (Wildman–Crippen LogP) is 3.77. The third-order valence-electron chi connectivity index (χ3n) is 6.17. The molecular formula is C21H23N5OS2. The normalized spacial score (nSPS) is 25.5. The first-order valence-electron chi connectivity index (χ1n) is 10.0. The van der Waals surface area contributed by atoms with Crippen molar-refractivity contribution in [3.8, 4) is 10.6 Å². The van der Waals surface area contributed by atoms with Crippen molar-refractivity contribution in [1.82, 2.24) is 20.5 Å². The molecule has 2 aromatic heterocycles. The number of rotatable bonds is 6. The van der Waals surface area contributed by atoms with E-state index in [2.05, 4.69) is 42.9 Å². The van der Waals surface area contributed by atoms with Crippen molar-refractivity contribution in [1.29, 1.82) is 0 Å². The number of benzene rings is 1. The minimum atomic E-state index is -0.453. The van der Waals surface area contributed by atoms with Gasteiger partial charge in [-0.2, -0.15) is 0 Å². The summed E-state index contributed by atoms with van der Waals surface area (Å²) in [5, 5.41) is 16.0. The molecule has 0 aliphatic carbocycles. The summed E-state index contributed by atoms with van der Waals surface area (Å²) in [6, 6.07) is 10.6. The van der Waals surface area contributed by atoms with Gasteiger partial charge in [0.05, 0.1) is 16.6 Å². The Morgan fingerprint density at radius 2 is 2.14 bits per heavy atom. The van der Waals surface area contributed by atoms with Gasteiger partial charge in [-0.05, 0) is 26.2 Å². The summed E-state index contributed by atoms with van der Waals surface area (Å²) in [4.78, 5) is 20.2. The SMILES string of the molecule is CCNC(=O)[C@@]1(Cc2cscn2)C[C@H]2CC[C@@H]1N2c1nnc(-c2ccccc2)s1. The molecule has 1 amide bonds. The number of fused-ring (bicyclic) bond motifs is 2. The van der Waals surface area contributed by atoms with E-state index in [1.165, 1.54) is 0 Å². The monoisotopic (exact) mass is 425 g/mol. The number of thiazole rings is 1. The van der Waals surface area contributed by atoms with Crippen molar-refractivity contribution in [3.63, 3.8) is 0 Å². The maximum Gasteiger partial charge on any atom is 0.228 e. The van der Waals surface area contributed by atoms with Crippen LogP contribution in [0.25, 0.3) is 10.6 Å². The van der Waals surface area contributed by atoms with Gasteiger partial charge in [0.1, 0.15) is 5.01 Å². The summed E-state index contributed by atoms with van der Waals surface area (Å²) in [5.41, 5.74) is 3.49. The Morgan fingerprint density at radius 3 is 2.90 bits per heavy atom. The zero-order valence-corrected chi connectivity index (χ0v) is 17.9. The number of hydrogen-bond donors (Lipinski definition) is 1. The number of aromatic nitrogens is 3. The Bertz CT molecular complexity index is 990. The number of carbonyl (C=O) groups excluding carboxylic acids is 1. The zero-order chi connectivity index (χ0) is 19.8. The first kappa shape index (κ1) is 18.7. The molecular weight excluding hydrogens is 402 g/mol. The second-order valence-electron chi connectivity index (χ2n) is 7.79. The maximum atomic E-state index is 13.3. The topological polar surface area (TPSA) is 71.0 Å². The molecule has 2 bridgehead atoms. The van der Waals surface area contributed by atoms with Crippen LogP contribution in [-0.2, 0) is 11.2 Å². The summed E-state index contributed by atoms with van der Waals surface area (Å²) < 4.78 is 0. The van der Waals surface area contributed by atoms with Crippen LogP contribution >= 0.6 is 22.7 Å². The fourth-order valence-corrected chi connectivity index (χ4v) is 6.52. The van der Waals surface area contributed by atoms with Gasteiger partial charge in [-0.1, -0.05) is 41.7 Å². The molecule has 6 nitrogen and oxygen atoms in total. The van der Waals surface area contributed by atoms with E-state index in [-0.39, 0.29) is 11.9 Å². The van der Waals surface area contributed by atoms with Crippen LogP contribution in [0.1, 0.15) is 31.9 Å². The Balaban J connectivity index is 1.48. The molecule has 2 fully saturated rings. The highest BCUT2D eigenvalue weighted by molar-refractivity contribution is 7.18. The van der Waals surface area contributed by atoms with Crippen LogP contribution in [0.5, 0.6) is 0 Å². The number of carbonyl (C=O) groups is 1. The molecule has 2 saturated heterocycles. The summed E-state index contributed by atoms with van der Waals surface area (Å²) in [7, 11) is 0. The van der Waals surface area contributed by atoms with Crippen LogP contribution < -0.4 is 10.2 Å². The zero-order valence-electron chi connectivity index (χ0n) is 16.2. The lowest BCUT2D eigenvalue weighted by atomic mass is 9.70. The number of nitrogens with one attached hydrogen (secondary N) is 1. The van der Waals surface area contributed by atoms with E-state index in [4.69, 9.17) is 0 Å². The molecule has 1 aromatic carbocycles. The van der Waals surface area contributed by atoms with E-state index in [0.717, 1.165) is 40.7 Å². The number of amides is 1. The van der Waals surface area contributed by atoms with E-state index in [9.17, 15) is 4.79 Å². The molecule has 2 aliphatic heterocycles. The predicted molar refractivity (Wildman–Crippen MR) is 116 cm³/mol. The van der Waals surface area contributed by atoms with Crippen molar-refractivity contribution in [2.75, 3.05) is 11.4 Å².